The zero-order valence-electron chi connectivity index (χ0n) is 22.7. The Morgan fingerprint density at radius 1 is 0.950 bits per heavy atom. The molecule has 208 valence electrons. The van der Waals surface area contributed by atoms with E-state index < -0.39 is 11.8 Å². The SMILES string of the molecule is CC(C)=NC(=O)c1cccc(CN2CCN(C(=O)c3ccc(NC(=O)NCCc4ccccn4)c(F)c3)CC2)c1. The maximum Gasteiger partial charge on any atom is 0.319 e. The molecule has 0 spiro atoms. The average Bonchev–Trinajstić information content (AvgIpc) is 2.94. The molecule has 9 nitrogen and oxygen atoms in total. The minimum atomic E-state index is -0.679. The molecule has 1 fully saturated rings. The van der Waals surface area contributed by atoms with E-state index in [-0.39, 0.29) is 23.1 Å². The van der Waals surface area contributed by atoms with Gasteiger partial charge in [-0.3, -0.25) is 19.5 Å². The van der Waals surface area contributed by atoms with E-state index >= 15 is 0 Å². The molecule has 1 aliphatic rings. The van der Waals surface area contributed by atoms with Gasteiger partial charge in [0.1, 0.15) is 5.82 Å². The number of hydrogen-bond acceptors (Lipinski definition) is 5. The Bertz CT molecular complexity index is 1380. The van der Waals surface area contributed by atoms with Crippen LogP contribution >= 0.6 is 0 Å². The van der Waals surface area contributed by atoms with E-state index in [2.05, 4.69) is 25.5 Å². The first kappa shape index (κ1) is 28.6. The molecular formula is C30H33FN6O3. The van der Waals surface area contributed by atoms with Crippen molar-refractivity contribution in [2.24, 2.45) is 4.99 Å². The second-order valence-corrected chi connectivity index (χ2v) is 9.78. The first-order valence-electron chi connectivity index (χ1n) is 13.2. The first-order chi connectivity index (χ1) is 19.3. The number of nitrogens with zero attached hydrogens (tertiary/aromatic N) is 4. The molecule has 4 amide bonds. The zero-order valence-corrected chi connectivity index (χ0v) is 22.7. The molecule has 3 aromatic rings. The Labute approximate surface area is 233 Å². The lowest BCUT2D eigenvalue weighted by Gasteiger charge is -2.35. The Morgan fingerprint density at radius 2 is 1.75 bits per heavy atom. The van der Waals surface area contributed by atoms with Gasteiger partial charge in [-0.1, -0.05) is 18.2 Å². The maximum atomic E-state index is 14.7. The standard InChI is InChI=1S/C30H33FN6O3/c1-21(2)34-28(38)23-7-5-6-22(18-23)20-36-14-16-37(17-15-36)29(39)24-9-10-27(26(31)19-24)35-30(40)33-13-11-25-8-3-4-12-32-25/h3-10,12,18-19H,11,13-17,20H2,1-2H3,(H2,33,35,40). The van der Waals surface area contributed by atoms with Crippen molar-refractivity contribution in [3.05, 3.63) is 95.1 Å². The molecule has 2 aromatic carbocycles. The van der Waals surface area contributed by atoms with Crippen LogP contribution in [0, 0.1) is 5.82 Å². The number of amides is 4. The highest BCUT2D eigenvalue weighted by Gasteiger charge is 2.23. The summed E-state index contributed by atoms with van der Waals surface area (Å²) in [4.78, 5) is 49.5. The van der Waals surface area contributed by atoms with Crippen molar-refractivity contribution >= 4 is 29.2 Å². The molecule has 1 saturated heterocycles. The van der Waals surface area contributed by atoms with Crippen LogP contribution in [0.15, 0.2) is 71.9 Å². The number of hydrogen-bond donors (Lipinski definition) is 2. The second-order valence-electron chi connectivity index (χ2n) is 9.78. The van der Waals surface area contributed by atoms with Crippen molar-refractivity contribution in [3.8, 4) is 0 Å². The van der Waals surface area contributed by atoms with Crippen LogP contribution < -0.4 is 10.6 Å². The Balaban J connectivity index is 1.25. The van der Waals surface area contributed by atoms with E-state index in [9.17, 15) is 18.8 Å². The van der Waals surface area contributed by atoms with Crippen LogP contribution in [-0.4, -0.2) is 71.1 Å². The normalized spacial score (nSPS) is 13.4. The van der Waals surface area contributed by atoms with Crippen molar-refractivity contribution < 1.29 is 18.8 Å². The molecule has 10 heteroatoms. The van der Waals surface area contributed by atoms with E-state index in [1.54, 1.807) is 31.0 Å². The van der Waals surface area contributed by atoms with Gasteiger partial charge < -0.3 is 15.5 Å². The van der Waals surface area contributed by atoms with Gasteiger partial charge in [-0.25, -0.2) is 14.2 Å². The van der Waals surface area contributed by atoms with Gasteiger partial charge in [0.15, 0.2) is 0 Å². The van der Waals surface area contributed by atoms with Crippen molar-refractivity contribution in [1.29, 1.82) is 0 Å². The highest BCUT2D eigenvalue weighted by atomic mass is 19.1. The van der Waals surface area contributed by atoms with Gasteiger partial charge in [0.25, 0.3) is 11.8 Å². The number of halogens is 1. The summed E-state index contributed by atoms with van der Waals surface area (Å²) in [5, 5.41) is 5.16. The maximum absolute atomic E-state index is 14.7. The van der Waals surface area contributed by atoms with E-state index in [1.807, 2.05) is 36.4 Å². The summed E-state index contributed by atoms with van der Waals surface area (Å²) < 4.78 is 14.7. The van der Waals surface area contributed by atoms with Crippen LogP contribution in [0.2, 0.25) is 0 Å². The topological polar surface area (TPSA) is 107 Å². The quantitative estimate of drug-likeness (QED) is 0.414. The molecule has 0 saturated carbocycles. The number of urea groups is 1. The molecule has 0 aliphatic carbocycles. The third kappa shape index (κ3) is 8.03. The molecule has 2 N–H and O–H groups in total. The highest BCUT2D eigenvalue weighted by molar-refractivity contribution is 6.02. The van der Waals surface area contributed by atoms with Gasteiger partial charge in [0.2, 0.25) is 0 Å². The van der Waals surface area contributed by atoms with E-state index in [0.717, 1.165) is 17.3 Å². The summed E-state index contributed by atoms with van der Waals surface area (Å²) in [5.74, 6) is -1.20. The fraction of sp³-hybridized carbons (Fsp3) is 0.300. The van der Waals surface area contributed by atoms with E-state index in [4.69, 9.17) is 0 Å². The second kappa shape index (κ2) is 13.6. The van der Waals surface area contributed by atoms with Gasteiger partial charge in [0, 0.05) is 74.4 Å². The van der Waals surface area contributed by atoms with Crippen LogP contribution in [0.25, 0.3) is 0 Å². The molecule has 4 rings (SSSR count). The number of nitrogens with one attached hydrogen (secondary N) is 2. The monoisotopic (exact) mass is 544 g/mol. The fourth-order valence-corrected chi connectivity index (χ4v) is 4.39. The molecule has 1 aliphatic heterocycles. The molecule has 0 unspecified atom stereocenters. The highest BCUT2D eigenvalue weighted by Crippen LogP contribution is 2.19. The molecular weight excluding hydrogens is 511 g/mol. The molecule has 0 atom stereocenters. The first-order valence-corrected chi connectivity index (χ1v) is 13.2. The number of aliphatic imine (C=N–C) groups is 1. The number of carbonyl (C=O) groups is 3. The average molecular weight is 545 g/mol. The van der Waals surface area contributed by atoms with Gasteiger partial charge in [-0.15, -0.1) is 0 Å². The number of pyridine rings is 1. The Hall–Kier alpha value is -4.44. The molecule has 0 radical (unpaired) electrons. The van der Waals surface area contributed by atoms with Crippen LogP contribution in [0.3, 0.4) is 0 Å². The van der Waals surface area contributed by atoms with Gasteiger partial charge >= 0.3 is 6.03 Å². The van der Waals surface area contributed by atoms with E-state index in [0.29, 0.717) is 57.0 Å². The third-order valence-electron chi connectivity index (χ3n) is 6.42. The summed E-state index contributed by atoms with van der Waals surface area (Å²) in [7, 11) is 0. The number of aromatic nitrogens is 1. The Kier molecular flexibility index (Phi) is 9.69. The molecule has 0 bridgehead atoms. The smallest absolute Gasteiger partial charge is 0.319 e. The summed E-state index contributed by atoms with van der Waals surface area (Å²) in [6, 6.07) is 16.5. The summed E-state index contributed by atoms with van der Waals surface area (Å²) in [6.07, 6.45) is 2.24. The fourth-order valence-electron chi connectivity index (χ4n) is 4.39. The molecule has 1 aromatic heterocycles. The Morgan fingerprint density at radius 3 is 2.45 bits per heavy atom. The van der Waals surface area contributed by atoms with Crippen LogP contribution in [0.5, 0.6) is 0 Å². The molecule has 2 heterocycles. The number of anilines is 1. The predicted octanol–water partition coefficient (Wildman–Crippen LogP) is 4.16. The summed E-state index contributed by atoms with van der Waals surface area (Å²) in [6.45, 7) is 6.87. The van der Waals surface area contributed by atoms with Crippen molar-refractivity contribution in [2.75, 3.05) is 38.0 Å². The zero-order chi connectivity index (χ0) is 28.5. The number of carbonyl (C=O) groups excluding carboxylic acids is 3. The van der Waals surface area contributed by atoms with Crippen molar-refractivity contribution in [3.63, 3.8) is 0 Å². The van der Waals surface area contributed by atoms with E-state index in [1.165, 1.54) is 12.1 Å². The van der Waals surface area contributed by atoms with Gasteiger partial charge in [-0.05, 0) is 61.9 Å². The predicted molar refractivity (Wildman–Crippen MR) is 152 cm³/mol. The van der Waals surface area contributed by atoms with Crippen LogP contribution in [0.1, 0.15) is 45.8 Å². The number of rotatable bonds is 8. The largest absolute Gasteiger partial charge is 0.337 e. The van der Waals surface area contributed by atoms with Crippen molar-refractivity contribution in [1.82, 2.24) is 20.1 Å². The summed E-state index contributed by atoms with van der Waals surface area (Å²) >= 11 is 0. The van der Waals surface area contributed by atoms with Gasteiger partial charge in [-0.2, -0.15) is 0 Å². The lowest BCUT2D eigenvalue weighted by atomic mass is 10.1. The number of piperazine rings is 1. The van der Waals surface area contributed by atoms with Crippen LogP contribution in [0.4, 0.5) is 14.9 Å². The summed E-state index contributed by atoms with van der Waals surface area (Å²) in [5.41, 5.74) is 3.33. The molecule has 40 heavy (non-hydrogen) atoms. The van der Waals surface area contributed by atoms with Crippen molar-refractivity contribution in [2.45, 2.75) is 26.8 Å². The minimum Gasteiger partial charge on any atom is -0.337 e. The lowest BCUT2D eigenvalue weighted by Crippen LogP contribution is -2.48. The number of benzene rings is 2. The minimum absolute atomic E-state index is 0.00259. The van der Waals surface area contributed by atoms with Crippen LogP contribution in [-0.2, 0) is 13.0 Å². The lowest BCUT2D eigenvalue weighted by molar-refractivity contribution is 0.0627. The third-order valence-corrected chi connectivity index (χ3v) is 6.42. The van der Waals surface area contributed by atoms with Gasteiger partial charge in [0.05, 0.1) is 5.69 Å².